The molecule has 0 bridgehead atoms. The molecule has 0 aliphatic heterocycles. The molecule has 0 saturated carbocycles. The Morgan fingerprint density at radius 1 is 0.882 bits per heavy atom. The predicted molar refractivity (Wildman–Crippen MR) is 71.2 cm³/mol. The molecule has 2 heterocycles. The van der Waals surface area contributed by atoms with Gasteiger partial charge in [-0.1, -0.05) is 0 Å². The van der Waals surface area contributed by atoms with Gasteiger partial charge in [0.2, 0.25) is 0 Å². The van der Waals surface area contributed by atoms with E-state index in [1.54, 1.807) is 0 Å². The minimum Gasteiger partial charge on any atom is -0.258 e. The fourth-order valence-corrected chi connectivity index (χ4v) is 2.04. The van der Waals surface area contributed by atoms with E-state index in [1.807, 2.05) is 26.1 Å². The van der Waals surface area contributed by atoms with E-state index in [2.05, 4.69) is 36.8 Å². The van der Waals surface area contributed by atoms with E-state index in [0.29, 0.717) is 0 Å². The molecule has 0 aromatic carbocycles. The van der Waals surface area contributed by atoms with Gasteiger partial charge in [0.15, 0.2) is 0 Å². The minimum atomic E-state index is 1.05. The second-order valence-electron chi connectivity index (χ2n) is 4.63. The van der Waals surface area contributed by atoms with Crippen molar-refractivity contribution < 1.29 is 0 Å². The molecule has 0 radical (unpaired) electrons. The monoisotopic (exact) mass is 226 g/mol. The van der Waals surface area contributed by atoms with Crippen LogP contribution in [-0.4, -0.2) is 9.97 Å². The number of pyridine rings is 2. The second kappa shape index (κ2) is 4.28. The van der Waals surface area contributed by atoms with Gasteiger partial charge in [-0.25, -0.2) is 0 Å². The number of rotatable bonds is 1. The molecule has 2 aromatic rings. The van der Waals surface area contributed by atoms with Crippen LogP contribution in [0.15, 0.2) is 18.3 Å². The van der Waals surface area contributed by atoms with Gasteiger partial charge in [0.05, 0.1) is 5.69 Å². The van der Waals surface area contributed by atoms with E-state index in [9.17, 15) is 0 Å². The summed E-state index contributed by atoms with van der Waals surface area (Å²) in [4.78, 5) is 9.06. The molecular weight excluding hydrogens is 208 g/mol. The Morgan fingerprint density at radius 3 is 2.24 bits per heavy atom. The lowest BCUT2D eigenvalue weighted by Crippen LogP contribution is -1.98. The van der Waals surface area contributed by atoms with Crippen LogP contribution in [0.5, 0.6) is 0 Å². The highest BCUT2D eigenvalue weighted by Gasteiger charge is 2.10. The van der Waals surface area contributed by atoms with Crippen molar-refractivity contribution in [3.05, 3.63) is 46.4 Å². The first-order valence-electron chi connectivity index (χ1n) is 5.88. The van der Waals surface area contributed by atoms with Crippen molar-refractivity contribution >= 4 is 0 Å². The molecule has 0 fully saturated rings. The summed E-state index contributed by atoms with van der Waals surface area (Å²) < 4.78 is 0. The highest BCUT2D eigenvalue weighted by Crippen LogP contribution is 2.26. The molecule has 0 N–H and O–H groups in total. The topological polar surface area (TPSA) is 25.8 Å². The van der Waals surface area contributed by atoms with E-state index in [1.165, 1.54) is 16.7 Å². The van der Waals surface area contributed by atoms with Gasteiger partial charge in [0.1, 0.15) is 0 Å². The maximum atomic E-state index is 4.56. The Hall–Kier alpha value is -1.70. The first-order valence-corrected chi connectivity index (χ1v) is 5.88. The lowest BCUT2D eigenvalue weighted by Gasteiger charge is -2.12. The molecule has 88 valence electrons. The summed E-state index contributed by atoms with van der Waals surface area (Å²) in [5.74, 6) is 0. The fourth-order valence-electron chi connectivity index (χ4n) is 2.04. The highest BCUT2D eigenvalue weighted by atomic mass is 14.7. The lowest BCUT2D eigenvalue weighted by molar-refractivity contribution is 1.10. The van der Waals surface area contributed by atoms with Crippen molar-refractivity contribution in [2.75, 3.05) is 0 Å². The van der Waals surface area contributed by atoms with Gasteiger partial charge in [-0.2, -0.15) is 0 Å². The third-order valence-corrected chi connectivity index (χ3v) is 3.38. The summed E-state index contributed by atoms with van der Waals surface area (Å²) in [6.45, 7) is 10.4. The maximum absolute atomic E-state index is 4.56. The van der Waals surface area contributed by atoms with Gasteiger partial charge in [0.25, 0.3) is 0 Å². The van der Waals surface area contributed by atoms with Crippen LogP contribution in [0.4, 0.5) is 0 Å². The maximum Gasteiger partial charge on any atom is 0.0752 e. The smallest absolute Gasteiger partial charge is 0.0752 e. The molecule has 17 heavy (non-hydrogen) atoms. The van der Waals surface area contributed by atoms with Crippen LogP contribution in [0.3, 0.4) is 0 Å². The van der Waals surface area contributed by atoms with Gasteiger partial charge in [-0.15, -0.1) is 0 Å². The van der Waals surface area contributed by atoms with E-state index >= 15 is 0 Å². The summed E-state index contributed by atoms with van der Waals surface area (Å²) in [5, 5.41) is 0. The quantitative estimate of drug-likeness (QED) is 0.741. The van der Waals surface area contributed by atoms with Crippen LogP contribution in [-0.2, 0) is 0 Å². The summed E-state index contributed by atoms with van der Waals surface area (Å²) in [7, 11) is 0. The van der Waals surface area contributed by atoms with E-state index in [-0.39, 0.29) is 0 Å². The standard InChI is InChI=1S/C15H18N2/c1-9-8-16-15(12(4)11(9)3)14-7-6-10(2)17-13(14)5/h6-8H,1-5H3. The van der Waals surface area contributed by atoms with E-state index in [4.69, 9.17) is 0 Å². The number of hydrogen-bond acceptors (Lipinski definition) is 2. The van der Waals surface area contributed by atoms with Crippen LogP contribution < -0.4 is 0 Å². The third kappa shape index (κ3) is 2.07. The third-order valence-electron chi connectivity index (χ3n) is 3.38. The molecule has 0 spiro atoms. The SMILES string of the molecule is Cc1ccc(-c2ncc(C)c(C)c2C)c(C)n1. The Kier molecular flexibility index (Phi) is 2.97. The first kappa shape index (κ1) is 11.8. The van der Waals surface area contributed by atoms with Crippen molar-refractivity contribution in [1.82, 2.24) is 9.97 Å². The number of nitrogens with zero attached hydrogens (tertiary/aromatic N) is 2. The lowest BCUT2D eigenvalue weighted by atomic mass is 9.99. The molecule has 2 heteroatoms. The summed E-state index contributed by atoms with van der Waals surface area (Å²) in [6.07, 6.45) is 1.94. The molecule has 0 atom stereocenters. The Bertz CT molecular complexity index is 571. The first-order chi connectivity index (χ1) is 8.00. The second-order valence-corrected chi connectivity index (χ2v) is 4.63. The van der Waals surface area contributed by atoms with E-state index < -0.39 is 0 Å². The van der Waals surface area contributed by atoms with Gasteiger partial charge in [-0.3, -0.25) is 9.97 Å². The van der Waals surface area contributed by atoms with Gasteiger partial charge in [-0.05, 0) is 63.4 Å². The van der Waals surface area contributed by atoms with Crippen LogP contribution >= 0.6 is 0 Å². The minimum absolute atomic E-state index is 1.05. The Balaban J connectivity index is 2.65. The Labute approximate surface area is 103 Å². The van der Waals surface area contributed by atoms with Gasteiger partial charge in [0, 0.05) is 23.1 Å². The predicted octanol–water partition coefficient (Wildman–Crippen LogP) is 3.69. The zero-order chi connectivity index (χ0) is 12.6. The summed E-state index contributed by atoms with van der Waals surface area (Å²) in [6, 6.07) is 4.15. The van der Waals surface area contributed by atoms with Gasteiger partial charge < -0.3 is 0 Å². The highest BCUT2D eigenvalue weighted by molar-refractivity contribution is 5.66. The van der Waals surface area contributed by atoms with Crippen LogP contribution in [0, 0.1) is 34.6 Å². The molecule has 2 nitrogen and oxygen atoms in total. The average Bonchev–Trinajstić information content (AvgIpc) is 2.28. The zero-order valence-corrected chi connectivity index (χ0v) is 11.1. The molecular formula is C15H18N2. The van der Waals surface area contributed by atoms with Crippen molar-refractivity contribution in [3.63, 3.8) is 0 Å². The molecule has 2 aromatic heterocycles. The fraction of sp³-hybridized carbons (Fsp3) is 0.333. The van der Waals surface area contributed by atoms with Crippen molar-refractivity contribution in [3.8, 4) is 11.3 Å². The molecule has 0 aliphatic carbocycles. The molecule has 0 unspecified atom stereocenters. The zero-order valence-electron chi connectivity index (χ0n) is 11.1. The molecule has 0 amide bonds. The Morgan fingerprint density at radius 2 is 1.59 bits per heavy atom. The van der Waals surface area contributed by atoms with Crippen molar-refractivity contribution in [2.45, 2.75) is 34.6 Å². The number of aryl methyl sites for hydroxylation is 3. The van der Waals surface area contributed by atoms with Crippen LogP contribution in [0.1, 0.15) is 28.1 Å². The molecule has 0 saturated heterocycles. The summed E-state index contributed by atoms with van der Waals surface area (Å²) >= 11 is 0. The average molecular weight is 226 g/mol. The summed E-state index contributed by atoms with van der Waals surface area (Å²) in [5.41, 5.74) is 8.09. The molecule has 2 rings (SSSR count). The van der Waals surface area contributed by atoms with Crippen molar-refractivity contribution in [1.29, 1.82) is 0 Å². The van der Waals surface area contributed by atoms with Gasteiger partial charge >= 0.3 is 0 Å². The normalized spacial score (nSPS) is 10.6. The number of aromatic nitrogens is 2. The van der Waals surface area contributed by atoms with Crippen LogP contribution in [0.25, 0.3) is 11.3 Å². The number of hydrogen-bond donors (Lipinski definition) is 0. The largest absolute Gasteiger partial charge is 0.258 e. The van der Waals surface area contributed by atoms with Crippen LogP contribution in [0.2, 0.25) is 0 Å². The molecule has 0 aliphatic rings. The van der Waals surface area contributed by atoms with Crippen molar-refractivity contribution in [2.24, 2.45) is 0 Å². The van der Waals surface area contributed by atoms with E-state index in [0.717, 1.165) is 22.6 Å².